The second-order valence-electron chi connectivity index (χ2n) is 4.35. The summed E-state index contributed by atoms with van der Waals surface area (Å²) in [7, 11) is 1.34. The maximum atomic E-state index is 11.7. The zero-order valence-corrected chi connectivity index (χ0v) is 11.9. The van der Waals surface area contributed by atoms with Gasteiger partial charge in [0.25, 0.3) is 0 Å². The molecule has 0 bridgehead atoms. The van der Waals surface area contributed by atoms with Crippen molar-refractivity contribution in [3.63, 3.8) is 0 Å². The number of ether oxygens (including phenoxy) is 2. The van der Waals surface area contributed by atoms with Crippen LogP contribution in [0, 0.1) is 0 Å². The number of methoxy groups -OCH3 is 1. The van der Waals surface area contributed by atoms with Crippen LogP contribution in [0.5, 0.6) is 5.75 Å². The SMILES string of the molecule is C=CCCCOc1cc(C(=O)OC)cc(-c2ncco2)c1. The molecule has 2 rings (SSSR count). The van der Waals surface area contributed by atoms with E-state index in [-0.39, 0.29) is 0 Å². The molecule has 2 aromatic rings. The van der Waals surface area contributed by atoms with E-state index in [4.69, 9.17) is 13.9 Å². The van der Waals surface area contributed by atoms with E-state index in [1.807, 2.05) is 6.08 Å². The second-order valence-corrected chi connectivity index (χ2v) is 4.35. The van der Waals surface area contributed by atoms with Gasteiger partial charge in [-0.2, -0.15) is 0 Å². The van der Waals surface area contributed by atoms with Crippen LogP contribution in [0.15, 0.2) is 47.7 Å². The largest absolute Gasteiger partial charge is 0.494 e. The maximum absolute atomic E-state index is 11.7. The zero-order valence-electron chi connectivity index (χ0n) is 11.9. The van der Waals surface area contributed by atoms with Crippen LogP contribution < -0.4 is 4.74 Å². The third-order valence-corrected chi connectivity index (χ3v) is 2.83. The summed E-state index contributed by atoms with van der Waals surface area (Å²) in [5.74, 6) is 0.575. The Morgan fingerprint density at radius 1 is 1.43 bits per heavy atom. The molecule has 0 spiro atoms. The summed E-state index contributed by atoms with van der Waals surface area (Å²) in [5, 5.41) is 0. The van der Waals surface area contributed by atoms with Gasteiger partial charge in [-0.25, -0.2) is 9.78 Å². The molecule has 1 aromatic heterocycles. The molecule has 0 N–H and O–H groups in total. The number of allylic oxidation sites excluding steroid dienone is 1. The Hall–Kier alpha value is -2.56. The Labute approximate surface area is 123 Å². The first-order valence-electron chi connectivity index (χ1n) is 6.61. The van der Waals surface area contributed by atoms with Crippen molar-refractivity contribution >= 4 is 5.97 Å². The van der Waals surface area contributed by atoms with Gasteiger partial charge in [-0.05, 0) is 31.0 Å². The Morgan fingerprint density at radius 3 is 2.95 bits per heavy atom. The molecule has 0 atom stereocenters. The minimum Gasteiger partial charge on any atom is -0.494 e. The first-order chi connectivity index (χ1) is 10.2. The molecule has 0 aliphatic heterocycles. The van der Waals surface area contributed by atoms with Crippen LogP contribution in [-0.4, -0.2) is 24.7 Å². The van der Waals surface area contributed by atoms with Gasteiger partial charge in [-0.15, -0.1) is 6.58 Å². The van der Waals surface area contributed by atoms with Crippen molar-refractivity contribution in [3.8, 4) is 17.2 Å². The molecule has 21 heavy (non-hydrogen) atoms. The van der Waals surface area contributed by atoms with E-state index < -0.39 is 5.97 Å². The number of unbranched alkanes of at least 4 members (excludes halogenated alkanes) is 1. The summed E-state index contributed by atoms with van der Waals surface area (Å²) >= 11 is 0. The lowest BCUT2D eigenvalue weighted by Gasteiger charge is -2.09. The van der Waals surface area contributed by atoms with Crippen molar-refractivity contribution in [1.29, 1.82) is 0 Å². The quantitative estimate of drug-likeness (QED) is 0.443. The molecule has 5 nitrogen and oxygen atoms in total. The maximum Gasteiger partial charge on any atom is 0.338 e. The first-order valence-corrected chi connectivity index (χ1v) is 6.61. The summed E-state index contributed by atoms with van der Waals surface area (Å²) in [4.78, 5) is 15.8. The molecule has 0 amide bonds. The van der Waals surface area contributed by atoms with Crippen LogP contribution in [-0.2, 0) is 4.74 Å². The summed E-state index contributed by atoms with van der Waals surface area (Å²) < 4.78 is 15.7. The van der Waals surface area contributed by atoms with Gasteiger partial charge in [0.1, 0.15) is 12.0 Å². The minimum atomic E-state index is -0.431. The number of benzene rings is 1. The number of hydrogen-bond acceptors (Lipinski definition) is 5. The van der Waals surface area contributed by atoms with E-state index in [1.165, 1.54) is 13.4 Å². The highest BCUT2D eigenvalue weighted by molar-refractivity contribution is 5.91. The fourth-order valence-corrected chi connectivity index (χ4v) is 1.83. The highest BCUT2D eigenvalue weighted by Crippen LogP contribution is 2.25. The summed E-state index contributed by atoms with van der Waals surface area (Å²) in [6.07, 6.45) is 6.60. The number of carbonyl (C=O) groups excluding carboxylic acids is 1. The smallest absolute Gasteiger partial charge is 0.338 e. The molecule has 0 saturated carbocycles. The van der Waals surface area contributed by atoms with E-state index in [2.05, 4.69) is 11.6 Å². The van der Waals surface area contributed by atoms with Crippen molar-refractivity contribution < 1.29 is 18.7 Å². The van der Waals surface area contributed by atoms with E-state index in [0.29, 0.717) is 29.4 Å². The van der Waals surface area contributed by atoms with Gasteiger partial charge >= 0.3 is 5.97 Å². The van der Waals surface area contributed by atoms with Crippen LogP contribution in [0.2, 0.25) is 0 Å². The predicted molar refractivity (Wildman–Crippen MR) is 78.2 cm³/mol. The molecule has 0 saturated heterocycles. The summed E-state index contributed by atoms with van der Waals surface area (Å²) in [6, 6.07) is 5.09. The molecular weight excluding hydrogens is 270 g/mol. The molecule has 1 aromatic carbocycles. The van der Waals surface area contributed by atoms with Crippen molar-refractivity contribution in [2.75, 3.05) is 13.7 Å². The molecule has 0 radical (unpaired) electrons. The average Bonchev–Trinajstić information content (AvgIpc) is 3.05. The van der Waals surface area contributed by atoms with Crippen LogP contribution in [0.3, 0.4) is 0 Å². The summed E-state index contributed by atoms with van der Waals surface area (Å²) in [5.41, 5.74) is 1.06. The zero-order chi connectivity index (χ0) is 15.1. The molecule has 5 heteroatoms. The van der Waals surface area contributed by atoms with Crippen LogP contribution in [0.4, 0.5) is 0 Å². The third-order valence-electron chi connectivity index (χ3n) is 2.83. The van der Waals surface area contributed by atoms with Gasteiger partial charge in [0, 0.05) is 5.56 Å². The topological polar surface area (TPSA) is 61.6 Å². The van der Waals surface area contributed by atoms with Gasteiger partial charge in [-0.1, -0.05) is 6.08 Å². The molecule has 0 aliphatic rings. The standard InChI is InChI=1S/C16H17NO4/c1-3-4-5-7-20-14-10-12(15-17-6-8-21-15)9-13(11-14)16(18)19-2/h3,6,8-11H,1,4-5,7H2,2H3. The highest BCUT2D eigenvalue weighted by atomic mass is 16.5. The van der Waals surface area contributed by atoms with Gasteiger partial charge in [0.05, 0.1) is 25.5 Å². The number of oxazole rings is 1. The van der Waals surface area contributed by atoms with Gasteiger partial charge in [0.15, 0.2) is 0 Å². The molecule has 110 valence electrons. The molecule has 0 aliphatic carbocycles. The van der Waals surface area contributed by atoms with Crippen LogP contribution in [0.1, 0.15) is 23.2 Å². The number of rotatable bonds is 7. The van der Waals surface area contributed by atoms with Gasteiger partial charge < -0.3 is 13.9 Å². The lowest BCUT2D eigenvalue weighted by atomic mass is 10.1. The predicted octanol–water partition coefficient (Wildman–Crippen LogP) is 3.47. The lowest BCUT2D eigenvalue weighted by Crippen LogP contribution is -2.03. The molecule has 0 fully saturated rings. The van der Waals surface area contributed by atoms with E-state index in [9.17, 15) is 4.79 Å². The number of nitrogens with zero attached hydrogens (tertiary/aromatic N) is 1. The lowest BCUT2D eigenvalue weighted by molar-refractivity contribution is 0.0600. The highest BCUT2D eigenvalue weighted by Gasteiger charge is 2.12. The summed E-state index contributed by atoms with van der Waals surface area (Å²) in [6.45, 7) is 4.21. The van der Waals surface area contributed by atoms with Crippen molar-refractivity contribution in [1.82, 2.24) is 4.98 Å². The van der Waals surface area contributed by atoms with E-state index in [1.54, 1.807) is 24.4 Å². The normalized spacial score (nSPS) is 10.1. The van der Waals surface area contributed by atoms with Crippen molar-refractivity contribution in [2.45, 2.75) is 12.8 Å². The Kier molecular flexibility index (Phi) is 5.15. The fourth-order valence-electron chi connectivity index (χ4n) is 1.83. The Morgan fingerprint density at radius 2 is 2.29 bits per heavy atom. The average molecular weight is 287 g/mol. The Bertz CT molecular complexity index is 605. The van der Waals surface area contributed by atoms with E-state index in [0.717, 1.165) is 12.8 Å². The van der Waals surface area contributed by atoms with Crippen LogP contribution >= 0.6 is 0 Å². The van der Waals surface area contributed by atoms with Crippen molar-refractivity contribution in [2.24, 2.45) is 0 Å². The number of hydrogen-bond donors (Lipinski definition) is 0. The van der Waals surface area contributed by atoms with Crippen molar-refractivity contribution in [3.05, 3.63) is 48.9 Å². The number of aromatic nitrogens is 1. The molecule has 1 heterocycles. The van der Waals surface area contributed by atoms with Crippen LogP contribution in [0.25, 0.3) is 11.5 Å². The molecule has 0 unspecified atom stereocenters. The number of carbonyl (C=O) groups is 1. The second kappa shape index (κ2) is 7.28. The third kappa shape index (κ3) is 3.95. The number of esters is 1. The van der Waals surface area contributed by atoms with E-state index >= 15 is 0 Å². The fraction of sp³-hybridized carbons (Fsp3) is 0.250. The molecular formula is C16H17NO4. The van der Waals surface area contributed by atoms with Gasteiger partial charge in [0.2, 0.25) is 5.89 Å². The monoisotopic (exact) mass is 287 g/mol. The Balaban J connectivity index is 2.24. The minimum absolute atomic E-state index is 0.395. The first kappa shape index (κ1) is 14.8. The van der Waals surface area contributed by atoms with Gasteiger partial charge in [-0.3, -0.25) is 0 Å².